The fraction of sp³-hybridized carbons (Fsp3) is 0.412. The van der Waals surface area contributed by atoms with Gasteiger partial charge in [-0.3, -0.25) is 0 Å². The van der Waals surface area contributed by atoms with Gasteiger partial charge in [0.1, 0.15) is 11.4 Å². The zero-order valence-corrected chi connectivity index (χ0v) is 13.0. The van der Waals surface area contributed by atoms with Crippen molar-refractivity contribution < 1.29 is 23.0 Å². The van der Waals surface area contributed by atoms with Crippen LogP contribution >= 0.6 is 0 Å². The number of benzene rings is 2. The molecule has 2 aromatic rings. The number of aliphatic hydroxyl groups is 1. The minimum atomic E-state index is -4.75. The van der Waals surface area contributed by atoms with Crippen LogP contribution in [0.15, 0.2) is 36.4 Å². The van der Waals surface area contributed by atoms with E-state index in [2.05, 4.69) is 0 Å². The summed E-state index contributed by atoms with van der Waals surface area (Å²) in [6, 6.07) is 9.33. The van der Waals surface area contributed by atoms with E-state index in [-0.39, 0.29) is 5.56 Å². The van der Waals surface area contributed by atoms with Gasteiger partial charge >= 0.3 is 6.18 Å². The largest absolute Gasteiger partial charge is 0.488 e. The Morgan fingerprint density at radius 1 is 0.955 bits per heavy atom. The Hall–Kier alpha value is -1.75. The van der Waals surface area contributed by atoms with Gasteiger partial charge in [0.2, 0.25) is 0 Å². The number of alkyl halides is 3. The third-order valence-corrected chi connectivity index (χ3v) is 3.35. The molecule has 0 spiro atoms. The van der Waals surface area contributed by atoms with Crippen molar-refractivity contribution in [2.45, 2.75) is 45.1 Å². The highest BCUT2D eigenvalue weighted by molar-refractivity contribution is 5.87. The summed E-state index contributed by atoms with van der Waals surface area (Å²) in [6.45, 7) is 6.44. The van der Waals surface area contributed by atoms with Gasteiger partial charge in [-0.2, -0.15) is 13.2 Å². The fourth-order valence-electron chi connectivity index (χ4n) is 2.26. The maximum atomic E-state index is 13.1. The van der Waals surface area contributed by atoms with Crippen LogP contribution in [0.3, 0.4) is 0 Å². The van der Waals surface area contributed by atoms with E-state index in [1.807, 2.05) is 20.8 Å². The number of hydrogen-bond donors (Lipinski definition) is 1. The first-order chi connectivity index (χ1) is 9.92. The number of halogens is 3. The van der Waals surface area contributed by atoms with E-state index in [0.29, 0.717) is 16.5 Å². The number of rotatable bonds is 2. The van der Waals surface area contributed by atoms with Crippen LogP contribution < -0.4 is 4.74 Å². The van der Waals surface area contributed by atoms with Crippen LogP contribution in [0.25, 0.3) is 10.8 Å². The van der Waals surface area contributed by atoms with Crippen molar-refractivity contribution >= 4 is 10.8 Å². The Morgan fingerprint density at radius 2 is 1.59 bits per heavy atom. The smallest absolute Gasteiger partial charge is 0.421 e. The summed E-state index contributed by atoms with van der Waals surface area (Å²) < 4.78 is 44.9. The Balaban J connectivity index is 2.56. The first-order valence-electron chi connectivity index (χ1n) is 6.93. The predicted octanol–water partition coefficient (Wildman–Crippen LogP) is 4.79. The Bertz CT molecular complexity index is 682. The summed E-state index contributed by atoms with van der Waals surface area (Å²) in [5, 5.41) is 10.9. The fourth-order valence-corrected chi connectivity index (χ4v) is 2.26. The lowest BCUT2D eigenvalue weighted by atomic mass is 9.90. The average molecular weight is 312 g/mol. The quantitative estimate of drug-likeness (QED) is 0.864. The summed E-state index contributed by atoms with van der Waals surface area (Å²) in [7, 11) is 0. The van der Waals surface area contributed by atoms with Gasteiger partial charge in [-0.25, -0.2) is 0 Å². The highest BCUT2D eigenvalue weighted by Crippen LogP contribution is 2.41. The normalized spacial score (nSPS) is 15.6. The zero-order valence-electron chi connectivity index (χ0n) is 13.0. The van der Waals surface area contributed by atoms with Crippen LogP contribution in [0.4, 0.5) is 13.2 Å². The van der Waals surface area contributed by atoms with Gasteiger partial charge < -0.3 is 9.84 Å². The van der Waals surface area contributed by atoms with Gasteiger partial charge in [-0.15, -0.1) is 0 Å². The van der Waals surface area contributed by atoms with E-state index in [1.54, 1.807) is 24.3 Å². The molecule has 0 aliphatic heterocycles. The van der Waals surface area contributed by atoms with Gasteiger partial charge in [0.15, 0.2) is 5.60 Å². The first kappa shape index (κ1) is 16.6. The van der Waals surface area contributed by atoms with Crippen molar-refractivity contribution in [3.8, 4) is 5.75 Å². The molecule has 0 aliphatic carbocycles. The number of hydrogen-bond acceptors (Lipinski definition) is 2. The molecule has 5 heteroatoms. The second kappa shape index (κ2) is 5.16. The van der Waals surface area contributed by atoms with Crippen molar-refractivity contribution in [3.63, 3.8) is 0 Å². The van der Waals surface area contributed by atoms with Crippen LogP contribution in [0.5, 0.6) is 5.75 Å². The zero-order chi connectivity index (χ0) is 16.8. The SMILES string of the molecule is CC(C)(C)Oc1ccc2c(C(C)(O)C(F)(F)F)cccc2c1. The molecule has 0 amide bonds. The van der Waals surface area contributed by atoms with Crippen LogP contribution in [-0.4, -0.2) is 16.9 Å². The molecule has 0 radical (unpaired) electrons. The van der Waals surface area contributed by atoms with Crippen molar-refractivity contribution in [2.24, 2.45) is 0 Å². The summed E-state index contributed by atoms with van der Waals surface area (Å²) >= 11 is 0. The maximum absolute atomic E-state index is 13.1. The molecule has 2 nitrogen and oxygen atoms in total. The van der Waals surface area contributed by atoms with Crippen molar-refractivity contribution in [1.82, 2.24) is 0 Å². The molecule has 0 heterocycles. The summed E-state index contributed by atoms with van der Waals surface area (Å²) in [4.78, 5) is 0. The van der Waals surface area contributed by atoms with Crippen molar-refractivity contribution in [1.29, 1.82) is 0 Å². The third-order valence-electron chi connectivity index (χ3n) is 3.35. The highest BCUT2D eigenvalue weighted by Gasteiger charge is 2.51. The lowest BCUT2D eigenvalue weighted by Gasteiger charge is -2.28. The van der Waals surface area contributed by atoms with Gasteiger partial charge in [-0.05, 0) is 50.6 Å². The second-order valence-corrected chi connectivity index (χ2v) is 6.47. The van der Waals surface area contributed by atoms with Gasteiger partial charge in [0, 0.05) is 5.56 Å². The molecule has 1 N–H and O–H groups in total. The minimum absolute atomic E-state index is 0.167. The maximum Gasteiger partial charge on any atom is 0.421 e. The molecule has 1 unspecified atom stereocenters. The molecule has 0 aromatic heterocycles. The van der Waals surface area contributed by atoms with E-state index >= 15 is 0 Å². The van der Waals surface area contributed by atoms with E-state index in [0.717, 1.165) is 6.92 Å². The molecule has 0 fully saturated rings. The number of fused-ring (bicyclic) bond motifs is 1. The van der Waals surface area contributed by atoms with Crippen LogP contribution in [0.1, 0.15) is 33.3 Å². The molecule has 22 heavy (non-hydrogen) atoms. The first-order valence-corrected chi connectivity index (χ1v) is 6.93. The molecule has 120 valence electrons. The van der Waals surface area contributed by atoms with Crippen LogP contribution in [-0.2, 0) is 5.60 Å². The van der Waals surface area contributed by atoms with Crippen LogP contribution in [0.2, 0.25) is 0 Å². The highest BCUT2D eigenvalue weighted by atomic mass is 19.4. The molecule has 0 bridgehead atoms. The van der Waals surface area contributed by atoms with Crippen molar-refractivity contribution in [2.75, 3.05) is 0 Å². The van der Waals surface area contributed by atoms with Gasteiger partial charge in [0.25, 0.3) is 0 Å². The van der Waals surface area contributed by atoms with Gasteiger partial charge in [0.05, 0.1) is 0 Å². The third kappa shape index (κ3) is 3.19. The lowest BCUT2D eigenvalue weighted by Crippen LogP contribution is -2.39. The monoisotopic (exact) mass is 312 g/mol. The Labute approximate surface area is 127 Å². The van der Waals surface area contributed by atoms with Crippen molar-refractivity contribution in [3.05, 3.63) is 42.0 Å². The van der Waals surface area contributed by atoms with Crippen LogP contribution in [0, 0.1) is 0 Å². The molecule has 0 aliphatic rings. The summed E-state index contributed by atoms with van der Waals surface area (Å²) in [6.07, 6.45) is -4.75. The molecular formula is C17H19F3O2. The lowest BCUT2D eigenvalue weighted by molar-refractivity contribution is -0.258. The standard InChI is InChI=1S/C17H19F3O2/c1-15(2,3)22-12-8-9-13-11(10-12)6-5-7-14(13)16(4,21)17(18,19)20/h5-10,21H,1-4H3. The van der Waals surface area contributed by atoms with E-state index in [9.17, 15) is 18.3 Å². The number of ether oxygens (including phenoxy) is 1. The van der Waals surface area contributed by atoms with Gasteiger partial charge in [-0.1, -0.05) is 24.3 Å². The Morgan fingerprint density at radius 3 is 2.14 bits per heavy atom. The van der Waals surface area contributed by atoms with E-state index in [4.69, 9.17) is 4.74 Å². The summed E-state index contributed by atoms with van der Waals surface area (Å²) in [5.41, 5.74) is -3.47. The second-order valence-electron chi connectivity index (χ2n) is 6.47. The predicted molar refractivity (Wildman–Crippen MR) is 80.0 cm³/mol. The molecule has 0 saturated carbocycles. The molecular weight excluding hydrogens is 293 g/mol. The molecule has 2 aromatic carbocycles. The average Bonchev–Trinajstić information content (AvgIpc) is 2.34. The topological polar surface area (TPSA) is 29.5 Å². The summed E-state index contributed by atoms with van der Waals surface area (Å²) in [5.74, 6) is 0.573. The molecule has 2 rings (SSSR count). The van der Waals surface area contributed by atoms with E-state index in [1.165, 1.54) is 12.1 Å². The molecule has 0 saturated heterocycles. The molecule has 1 atom stereocenters. The minimum Gasteiger partial charge on any atom is -0.488 e. The Kier molecular flexibility index (Phi) is 3.90. The van der Waals surface area contributed by atoms with E-state index < -0.39 is 17.4 Å².